The molecule has 2 N–H and O–H groups in total. The molecule has 1 amide bonds. The van der Waals surface area contributed by atoms with Crippen molar-refractivity contribution < 1.29 is 14.7 Å². The van der Waals surface area contributed by atoms with Crippen LogP contribution in [0.1, 0.15) is 16.8 Å². The number of carboxylic acid groups (broad SMARTS) is 1. The van der Waals surface area contributed by atoms with Crippen molar-refractivity contribution in [1.29, 1.82) is 0 Å². The van der Waals surface area contributed by atoms with Crippen LogP contribution in [0.2, 0.25) is 0 Å². The number of aryl methyl sites for hydroxylation is 1. The Balaban J connectivity index is 2.95. The van der Waals surface area contributed by atoms with Gasteiger partial charge in [-0.1, -0.05) is 0 Å². The second-order valence-electron chi connectivity index (χ2n) is 3.17. The number of nitrogens with one attached hydrogen (secondary N) is 1. The van der Waals surface area contributed by atoms with Gasteiger partial charge in [-0.25, -0.2) is 0 Å². The average molecular weight is 224 g/mol. The fourth-order valence-corrected chi connectivity index (χ4v) is 1.20. The number of carboxylic acids is 1. The molecule has 0 atom stereocenters. The molecule has 0 saturated heterocycles. The minimum atomic E-state index is -0.989. The number of carbonyl (C=O) groups is 2. The van der Waals surface area contributed by atoms with Gasteiger partial charge in [0.2, 0.25) is 0 Å². The lowest BCUT2D eigenvalue weighted by Gasteiger charge is -2.05. The van der Waals surface area contributed by atoms with E-state index in [1.165, 1.54) is 29.9 Å². The molecule has 0 aliphatic heterocycles. The number of hydrogen-bond acceptors (Lipinski definition) is 3. The Kier molecular flexibility index (Phi) is 3.82. The minimum Gasteiger partial charge on any atom is -0.481 e. The Labute approximate surface area is 91.5 Å². The van der Waals surface area contributed by atoms with Gasteiger partial charge >= 0.3 is 5.97 Å². The fraction of sp³-hybridized carbons (Fsp3) is 0.300. The van der Waals surface area contributed by atoms with Gasteiger partial charge in [-0.2, -0.15) is 0 Å². The van der Waals surface area contributed by atoms with E-state index in [9.17, 15) is 14.4 Å². The molecule has 86 valence electrons. The number of carbonyl (C=O) groups excluding carboxylic acids is 1. The van der Waals surface area contributed by atoms with Crippen molar-refractivity contribution in [2.24, 2.45) is 0 Å². The predicted molar refractivity (Wildman–Crippen MR) is 56.3 cm³/mol. The maximum atomic E-state index is 11.3. The van der Waals surface area contributed by atoms with Gasteiger partial charge in [-0.15, -0.1) is 0 Å². The van der Waals surface area contributed by atoms with Crippen LogP contribution in [0, 0.1) is 0 Å². The zero-order valence-corrected chi connectivity index (χ0v) is 8.77. The van der Waals surface area contributed by atoms with Gasteiger partial charge < -0.3 is 15.0 Å². The van der Waals surface area contributed by atoms with Crippen molar-refractivity contribution in [2.45, 2.75) is 13.0 Å². The van der Waals surface area contributed by atoms with Gasteiger partial charge in [-0.3, -0.25) is 14.4 Å². The number of rotatable bonds is 4. The highest BCUT2D eigenvalue weighted by Gasteiger charge is 2.06. The lowest BCUT2D eigenvalue weighted by atomic mass is 10.2. The van der Waals surface area contributed by atoms with Gasteiger partial charge in [0.05, 0.1) is 12.0 Å². The standard InChI is InChI=1S/C10H12N2O4/c1-11-10(16)7-2-3-8(13)12(6-7)5-4-9(14)15/h2-3,6H,4-5H2,1H3,(H,11,16)(H,14,15). The van der Waals surface area contributed by atoms with Crippen LogP contribution >= 0.6 is 0 Å². The zero-order chi connectivity index (χ0) is 12.1. The van der Waals surface area contributed by atoms with E-state index in [1.807, 2.05) is 0 Å². The van der Waals surface area contributed by atoms with Crippen LogP contribution in [0.15, 0.2) is 23.1 Å². The highest BCUT2D eigenvalue weighted by Crippen LogP contribution is 1.96. The van der Waals surface area contributed by atoms with Crippen molar-refractivity contribution in [2.75, 3.05) is 7.05 Å². The summed E-state index contributed by atoms with van der Waals surface area (Å²) in [5, 5.41) is 10.9. The van der Waals surface area contributed by atoms with Gasteiger partial charge in [0.15, 0.2) is 0 Å². The van der Waals surface area contributed by atoms with Crippen LogP contribution in [0.5, 0.6) is 0 Å². The van der Waals surface area contributed by atoms with Gasteiger partial charge in [-0.05, 0) is 6.07 Å². The molecule has 0 fully saturated rings. The van der Waals surface area contributed by atoms with Crippen LogP contribution in [0.25, 0.3) is 0 Å². The van der Waals surface area contributed by atoms with E-state index < -0.39 is 5.97 Å². The zero-order valence-electron chi connectivity index (χ0n) is 8.77. The Hall–Kier alpha value is -2.11. The summed E-state index contributed by atoms with van der Waals surface area (Å²) in [4.78, 5) is 33.0. The van der Waals surface area contributed by atoms with E-state index in [-0.39, 0.29) is 24.4 Å². The molecule has 1 heterocycles. The Morgan fingerprint density at radius 2 is 2.12 bits per heavy atom. The number of nitrogens with zero attached hydrogens (tertiary/aromatic N) is 1. The molecular weight excluding hydrogens is 212 g/mol. The molecule has 0 aliphatic rings. The molecule has 1 rings (SSSR count). The monoisotopic (exact) mass is 224 g/mol. The van der Waals surface area contributed by atoms with Crippen LogP contribution in [0.3, 0.4) is 0 Å². The van der Waals surface area contributed by atoms with E-state index >= 15 is 0 Å². The minimum absolute atomic E-state index is 0.0546. The normalized spacial score (nSPS) is 9.81. The Bertz CT molecular complexity index is 464. The van der Waals surface area contributed by atoms with Crippen LogP contribution in [0.4, 0.5) is 0 Å². The summed E-state index contributed by atoms with van der Waals surface area (Å²) >= 11 is 0. The quantitative estimate of drug-likeness (QED) is 0.733. The van der Waals surface area contributed by atoms with Crippen LogP contribution in [-0.2, 0) is 11.3 Å². The predicted octanol–water partition coefficient (Wildman–Crippen LogP) is -0.317. The first-order valence-electron chi connectivity index (χ1n) is 4.69. The SMILES string of the molecule is CNC(=O)c1ccc(=O)n(CCC(=O)O)c1. The van der Waals surface area contributed by atoms with E-state index in [1.54, 1.807) is 0 Å². The second-order valence-corrected chi connectivity index (χ2v) is 3.17. The van der Waals surface area contributed by atoms with E-state index in [0.29, 0.717) is 5.56 Å². The summed E-state index contributed by atoms with van der Waals surface area (Å²) in [7, 11) is 1.48. The first kappa shape index (κ1) is 12.0. The highest BCUT2D eigenvalue weighted by atomic mass is 16.4. The molecule has 6 nitrogen and oxygen atoms in total. The molecule has 0 aliphatic carbocycles. The first-order chi connectivity index (χ1) is 7.54. The topological polar surface area (TPSA) is 88.4 Å². The lowest BCUT2D eigenvalue weighted by molar-refractivity contribution is -0.137. The number of pyridine rings is 1. The van der Waals surface area contributed by atoms with Gasteiger partial charge in [0.25, 0.3) is 11.5 Å². The van der Waals surface area contributed by atoms with Gasteiger partial charge in [0.1, 0.15) is 0 Å². The number of aromatic nitrogens is 1. The fourth-order valence-electron chi connectivity index (χ4n) is 1.20. The summed E-state index contributed by atoms with van der Waals surface area (Å²) in [5.41, 5.74) is 0.00129. The molecule has 0 bridgehead atoms. The lowest BCUT2D eigenvalue weighted by Crippen LogP contribution is -2.24. The number of aliphatic carboxylic acids is 1. The summed E-state index contributed by atoms with van der Waals surface area (Å²) < 4.78 is 1.21. The van der Waals surface area contributed by atoms with Crippen molar-refractivity contribution in [3.05, 3.63) is 34.2 Å². The van der Waals surface area contributed by atoms with Crippen molar-refractivity contribution in [3.63, 3.8) is 0 Å². The Morgan fingerprint density at radius 3 is 2.69 bits per heavy atom. The number of hydrogen-bond donors (Lipinski definition) is 2. The molecule has 0 radical (unpaired) electrons. The third-order valence-electron chi connectivity index (χ3n) is 2.04. The second kappa shape index (κ2) is 5.11. The van der Waals surface area contributed by atoms with E-state index in [0.717, 1.165) is 0 Å². The largest absolute Gasteiger partial charge is 0.481 e. The van der Waals surface area contributed by atoms with Crippen molar-refractivity contribution >= 4 is 11.9 Å². The maximum absolute atomic E-state index is 11.3. The molecule has 0 saturated carbocycles. The molecule has 6 heteroatoms. The van der Waals surface area contributed by atoms with Crippen molar-refractivity contribution in [3.8, 4) is 0 Å². The number of amides is 1. The van der Waals surface area contributed by atoms with Crippen LogP contribution in [-0.4, -0.2) is 28.6 Å². The van der Waals surface area contributed by atoms with Crippen molar-refractivity contribution in [1.82, 2.24) is 9.88 Å². The Morgan fingerprint density at radius 1 is 1.44 bits per heavy atom. The summed E-state index contributed by atoms with van der Waals surface area (Å²) in [6.07, 6.45) is 1.20. The molecular formula is C10H12N2O4. The van der Waals surface area contributed by atoms with E-state index in [4.69, 9.17) is 5.11 Å². The van der Waals surface area contributed by atoms with Gasteiger partial charge in [0, 0.05) is 25.9 Å². The molecule has 16 heavy (non-hydrogen) atoms. The summed E-state index contributed by atoms with van der Waals surface area (Å²) in [6, 6.07) is 2.64. The molecule has 1 aromatic heterocycles. The summed E-state index contributed by atoms with van der Waals surface area (Å²) in [5.74, 6) is -1.30. The first-order valence-corrected chi connectivity index (χ1v) is 4.69. The van der Waals surface area contributed by atoms with Crippen LogP contribution < -0.4 is 10.9 Å². The molecule has 0 aromatic carbocycles. The molecule has 0 unspecified atom stereocenters. The average Bonchev–Trinajstić information content (AvgIpc) is 2.26. The molecule has 1 aromatic rings. The maximum Gasteiger partial charge on any atom is 0.305 e. The smallest absolute Gasteiger partial charge is 0.305 e. The highest BCUT2D eigenvalue weighted by molar-refractivity contribution is 5.93. The summed E-state index contributed by atoms with van der Waals surface area (Å²) in [6.45, 7) is 0.0546. The third kappa shape index (κ3) is 2.94. The molecule has 0 spiro atoms. The third-order valence-corrected chi connectivity index (χ3v) is 2.04. The van der Waals surface area contributed by atoms with E-state index in [2.05, 4.69) is 5.32 Å².